The van der Waals surface area contributed by atoms with Crippen molar-refractivity contribution in [2.24, 2.45) is 0 Å². The molecule has 0 saturated heterocycles. The van der Waals surface area contributed by atoms with Crippen molar-refractivity contribution in [2.75, 3.05) is 26.2 Å². The second kappa shape index (κ2) is 10.5. The molecule has 1 aliphatic rings. The van der Waals surface area contributed by atoms with Crippen LogP contribution in [0.25, 0.3) is 0 Å². The fourth-order valence-electron chi connectivity index (χ4n) is 3.82. The molecular weight excluding hydrogens is 436 g/mol. The number of ether oxygens (including phenoxy) is 1. The van der Waals surface area contributed by atoms with E-state index in [1.54, 1.807) is 11.8 Å². The number of nitrogens with zero attached hydrogens (tertiary/aromatic N) is 2. The summed E-state index contributed by atoms with van der Waals surface area (Å²) < 4.78 is 12.0. The Kier molecular flexibility index (Phi) is 8.93. The van der Waals surface area contributed by atoms with Crippen LogP contribution in [0.3, 0.4) is 0 Å². The lowest BCUT2D eigenvalue weighted by molar-refractivity contribution is -0.146. The minimum absolute atomic E-state index is 0.00976. The summed E-state index contributed by atoms with van der Waals surface area (Å²) in [4.78, 5) is 16.1. The molecule has 1 aliphatic heterocycles. The summed E-state index contributed by atoms with van der Waals surface area (Å²) in [6, 6.07) is 7.41. The van der Waals surface area contributed by atoms with Crippen molar-refractivity contribution >= 4 is 14.3 Å². The van der Waals surface area contributed by atoms with Crippen LogP contribution in [0, 0.1) is 0 Å². The first-order valence-electron chi connectivity index (χ1n) is 11.9. The third-order valence-corrected chi connectivity index (χ3v) is 11.4. The second-order valence-corrected chi connectivity index (χ2v) is 16.2. The summed E-state index contributed by atoms with van der Waals surface area (Å²) in [6.07, 6.45) is -2.14. The molecule has 0 spiro atoms. The molecule has 7 nitrogen and oxygen atoms in total. The van der Waals surface area contributed by atoms with Gasteiger partial charge in [-0.25, -0.2) is 4.90 Å². The smallest absolute Gasteiger partial charge is 0.320 e. The molecule has 8 heteroatoms. The number of benzene rings is 1. The van der Waals surface area contributed by atoms with E-state index in [9.17, 15) is 15.0 Å². The summed E-state index contributed by atoms with van der Waals surface area (Å²) in [7, 11) is -2.18. The van der Waals surface area contributed by atoms with E-state index in [1.165, 1.54) is 0 Å². The topological polar surface area (TPSA) is 82.5 Å². The fourth-order valence-corrected chi connectivity index (χ4v) is 5.15. The average Bonchev–Trinajstić information content (AvgIpc) is 2.91. The van der Waals surface area contributed by atoms with Crippen molar-refractivity contribution < 1.29 is 24.2 Å². The number of carbonyl (C=O) groups is 1. The maximum Gasteiger partial charge on any atom is 0.320 e. The summed E-state index contributed by atoms with van der Waals surface area (Å²) >= 11 is 0. The molecule has 2 N–H and O–H groups in total. The van der Waals surface area contributed by atoms with E-state index in [0.29, 0.717) is 19.7 Å². The first kappa shape index (κ1) is 27.9. The summed E-state index contributed by atoms with van der Waals surface area (Å²) in [5.41, 5.74) is 1.14. The van der Waals surface area contributed by atoms with Crippen LogP contribution in [0.2, 0.25) is 18.1 Å². The Balaban J connectivity index is 2.32. The number of aliphatic hydroxyl groups excluding tert-OH is 2. The van der Waals surface area contributed by atoms with Crippen LogP contribution in [0.15, 0.2) is 24.3 Å². The molecule has 0 amide bonds. The zero-order valence-corrected chi connectivity index (χ0v) is 22.9. The highest BCUT2D eigenvalue weighted by atomic mass is 28.4. The van der Waals surface area contributed by atoms with Crippen LogP contribution in [0.5, 0.6) is 0 Å². The van der Waals surface area contributed by atoms with Gasteiger partial charge in [-0.1, -0.05) is 45.0 Å². The third-order valence-electron chi connectivity index (χ3n) is 6.86. The van der Waals surface area contributed by atoms with Crippen LogP contribution >= 0.6 is 0 Å². The van der Waals surface area contributed by atoms with E-state index in [1.807, 2.05) is 24.3 Å². The molecule has 188 valence electrons. The van der Waals surface area contributed by atoms with Gasteiger partial charge in [0.25, 0.3) is 0 Å². The molecule has 0 aliphatic carbocycles. The molecule has 0 radical (unpaired) electrons. The predicted molar refractivity (Wildman–Crippen MR) is 133 cm³/mol. The zero-order chi connectivity index (χ0) is 25.2. The number of carbonyl (C=O) groups excluding carboxylic acids is 1. The van der Waals surface area contributed by atoms with E-state index in [0.717, 1.165) is 11.1 Å². The molecule has 1 heterocycles. The second-order valence-electron chi connectivity index (χ2n) is 11.4. The van der Waals surface area contributed by atoms with E-state index in [4.69, 9.17) is 9.16 Å². The zero-order valence-electron chi connectivity index (χ0n) is 21.9. The Hall–Kier alpha value is -1.29. The lowest BCUT2D eigenvalue weighted by atomic mass is 10.1. The maximum atomic E-state index is 12.3. The molecule has 0 saturated carbocycles. The molecule has 0 aromatic heterocycles. The van der Waals surface area contributed by atoms with Crippen molar-refractivity contribution in [1.82, 2.24) is 9.80 Å². The quantitative estimate of drug-likeness (QED) is 0.408. The van der Waals surface area contributed by atoms with Gasteiger partial charge in [-0.15, -0.1) is 0 Å². The minimum Gasteiger partial charge on any atom is -0.465 e. The van der Waals surface area contributed by atoms with Gasteiger partial charge in [0.2, 0.25) is 0 Å². The van der Waals surface area contributed by atoms with Gasteiger partial charge in [0, 0.05) is 29.8 Å². The Bertz CT molecular complexity index is 774. The summed E-state index contributed by atoms with van der Waals surface area (Å²) in [5, 5.41) is 21.9. The van der Waals surface area contributed by atoms with Gasteiger partial charge < -0.3 is 19.4 Å². The first-order valence-corrected chi connectivity index (χ1v) is 14.8. The van der Waals surface area contributed by atoms with Crippen molar-refractivity contribution in [3.63, 3.8) is 0 Å². The Morgan fingerprint density at radius 3 is 2.03 bits per heavy atom. The molecule has 0 unspecified atom stereocenters. The number of hydrogen-bond donors (Lipinski definition) is 2. The van der Waals surface area contributed by atoms with Gasteiger partial charge in [0.1, 0.15) is 12.5 Å². The monoisotopic (exact) mass is 480 g/mol. The predicted octanol–water partition coefficient (Wildman–Crippen LogP) is 4.04. The van der Waals surface area contributed by atoms with Gasteiger partial charge >= 0.3 is 5.97 Å². The van der Waals surface area contributed by atoms with Crippen molar-refractivity contribution in [2.45, 2.75) is 90.7 Å². The summed E-state index contributed by atoms with van der Waals surface area (Å²) in [6.45, 7) is 20.2. The normalized spacial score (nSPS) is 20.7. The third kappa shape index (κ3) is 6.87. The highest BCUT2D eigenvalue weighted by molar-refractivity contribution is 6.74. The van der Waals surface area contributed by atoms with Crippen LogP contribution in [-0.4, -0.2) is 72.2 Å². The van der Waals surface area contributed by atoms with Gasteiger partial charge in [-0.05, 0) is 45.8 Å². The van der Waals surface area contributed by atoms with Crippen molar-refractivity contribution in [3.8, 4) is 0 Å². The highest BCUT2D eigenvalue weighted by Crippen LogP contribution is 2.41. The average molecular weight is 481 g/mol. The Labute approximate surface area is 200 Å². The molecule has 0 fully saturated rings. The largest absolute Gasteiger partial charge is 0.465 e. The van der Waals surface area contributed by atoms with Crippen LogP contribution in [0.4, 0.5) is 0 Å². The van der Waals surface area contributed by atoms with Gasteiger partial charge in [-0.3, -0.25) is 9.69 Å². The Morgan fingerprint density at radius 1 is 1.09 bits per heavy atom. The van der Waals surface area contributed by atoms with Crippen molar-refractivity contribution in [3.05, 3.63) is 35.4 Å². The number of fused-ring (bicyclic) bond motifs is 1. The van der Waals surface area contributed by atoms with E-state index < -0.39 is 20.8 Å². The van der Waals surface area contributed by atoms with Crippen LogP contribution < -0.4 is 0 Å². The molecule has 33 heavy (non-hydrogen) atoms. The van der Waals surface area contributed by atoms with Crippen LogP contribution in [-0.2, 0) is 14.0 Å². The molecule has 1 aromatic carbocycles. The molecule has 2 rings (SSSR count). The van der Waals surface area contributed by atoms with Gasteiger partial charge in [0.15, 0.2) is 8.32 Å². The molecule has 0 bridgehead atoms. The lowest BCUT2D eigenvalue weighted by Crippen LogP contribution is -2.54. The minimum atomic E-state index is -2.18. The molecular formula is C25H44N2O5Si. The number of aliphatic hydroxyl groups is 2. The van der Waals surface area contributed by atoms with Gasteiger partial charge in [-0.2, -0.15) is 0 Å². The van der Waals surface area contributed by atoms with E-state index in [-0.39, 0.29) is 29.2 Å². The van der Waals surface area contributed by atoms with E-state index in [2.05, 4.69) is 59.5 Å². The first-order chi connectivity index (χ1) is 15.1. The lowest BCUT2D eigenvalue weighted by Gasteiger charge is -2.44. The van der Waals surface area contributed by atoms with Crippen LogP contribution in [0.1, 0.15) is 72.0 Å². The number of rotatable bonds is 9. The highest BCUT2D eigenvalue weighted by Gasteiger charge is 2.43. The molecule has 3 atom stereocenters. The fraction of sp³-hybridized carbons (Fsp3) is 0.720. The van der Waals surface area contributed by atoms with E-state index >= 15 is 0 Å². The van der Waals surface area contributed by atoms with Crippen molar-refractivity contribution in [1.29, 1.82) is 0 Å². The SMILES string of the molecule is CCOC(=O)CN(C[C@H](CN1[C@H](O)c2ccccc2[C@H]1O)O[Si](C)(C)C(C)(C)C)C(C)(C)C. The standard InChI is InChI=1S/C25H44N2O5Si/c1-10-31-21(28)17-26(24(2,3)4)15-18(32-33(8,9)25(5,6)7)16-27-22(29)19-13-11-12-14-20(19)23(27)30/h11-14,18,22-23,29-30H,10,15-17H2,1-9H3/t18-,22-,23-/m1/s1. The number of esters is 1. The molecule has 1 aromatic rings. The van der Waals surface area contributed by atoms with Gasteiger partial charge in [0.05, 0.1) is 19.3 Å². The summed E-state index contributed by atoms with van der Waals surface area (Å²) in [5.74, 6) is -0.271. The maximum absolute atomic E-state index is 12.3. The Morgan fingerprint density at radius 2 is 1.61 bits per heavy atom. The number of hydrogen-bond acceptors (Lipinski definition) is 7.